The van der Waals surface area contributed by atoms with Crippen molar-refractivity contribution in [2.24, 2.45) is 0 Å². The number of piperazine rings is 1. The average Bonchev–Trinajstić information content (AvgIpc) is 3.50. The van der Waals surface area contributed by atoms with Gasteiger partial charge in [-0.25, -0.2) is 9.97 Å². The molecule has 2 aromatic carbocycles. The van der Waals surface area contributed by atoms with Crippen LogP contribution in [0, 0.1) is 0 Å². The molecular weight excluding hydrogens is 436 g/mol. The Bertz CT molecular complexity index is 1250. The van der Waals surface area contributed by atoms with Gasteiger partial charge in [0.25, 0.3) is 11.8 Å². The van der Waals surface area contributed by atoms with Crippen molar-refractivity contribution >= 4 is 34.2 Å². The molecule has 0 bridgehead atoms. The summed E-state index contributed by atoms with van der Waals surface area (Å²) in [7, 11) is 2.07. The lowest BCUT2D eigenvalue weighted by Crippen LogP contribution is -2.47. The average molecular weight is 461 g/mol. The SMILES string of the molecule is CN1CCN(C(=O)c2ccc(-c3nc(C(=O)NCc4nc5ccccc5[nH]4)cs3)cc2)CC1. The van der Waals surface area contributed by atoms with E-state index in [9.17, 15) is 9.59 Å². The zero-order valence-corrected chi connectivity index (χ0v) is 19.1. The molecule has 1 aliphatic heterocycles. The molecule has 2 N–H and O–H groups in total. The maximum atomic E-state index is 12.7. The molecule has 0 saturated carbocycles. The minimum Gasteiger partial charge on any atom is -0.343 e. The Morgan fingerprint density at radius 1 is 1.03 bits per heavy atom. The van der Waals surface area contributed by atoms with Crippen LogP contribution < -0.4 is 5.32 Å². The number of nitrogens with zero attached hydrogens (tertiary/aromatic N) is 4. The minimum atomic E-state index is -0.250. The summed E-state index contributed by atoms with van der Waals surface area (Å²) in [6.07, 6.45) is 0. The summed E-state index contributed by atoms with van der Waals surface area (Å²) in [6, 6.07) is 15.2. The van der Waals surface area contributed by atoms with Crippen LogP contribution in [0.25, 0.3) is 21.6 Å². The van der Waals surface area contributed by atoms with Crippen molar-refractivity contribution in [2.45, 2.75) is 6.54 Å². The number of hydrogen-bond acceptors (Lipinski definition) is 6. The molecule has 1 fully saturated rings. The van der Waals surface area contributed by atoms with E-state index in [1.54, 1.807) is 5.38 Å². The standard InChI is InChI=1S/C24H24N6O2S/c1-29-10-12-30(13-11-29)24(32)17-8-6-16(7-9-17)23-28-20(15-33-23)22(31)25-14-21-26-18-4-2-3-5-19(18)27-21/h2-9,15H,10-14H2,1H3,(H,25,31)(H,26,27). The van der Waals surface area contributed by atoms with Gasteiger partial charge in [0.15, 0.2) is 0 Å². The summed E-state index contributed by atoms with van der Waals surface area (Å²) in [4.78, 5) is 41.5. The van der Waals surface area contributed by atoms with E-state index in [-0.39, 0.29) is 11.8 Å². The highest BCUT2D eigenvalue weighted by molar-refractivity contribution is 7.13. The van der Waals surface area contributed by atoms with Gasteiger partial charge in [-0.15, -0.1) is 11.3 Å². The first-order chi connectivity index (χ1) is 16.1. The van der Waals surface area contributed by atoms with Crippen molar-refractivity contribution in [3.8, 4) is 10.6 Å². The lowest BCUT2D eigenvalue weighted by atomic mass is 10.1. The second-order valence-corrected chi connectivity index (χ2v) is 8.95. The molecule has 8 nitrogen and oxygen atoms in total. The fourth-order valence-electron chi connectivity index (χ4n) is 3.80. The molecule has 0 atom stereocenters. The topological polar surface area (TPSA) is 94.2 Å². The number of likely N-dealkylation sites (N-methyl/N-ethyl adjacent to an activating group) is 1. The first-order valence-electron chi connectivity index (χ1n) is 10.8. The van der Waals surface area contributed by atoms with Crippen LogP contribution in [0.2, 0.25) is 0 Å². The van der Waals surface area contributed by atoms with Crippen molar-refractivity contribution in [1.82, 2.24) is 30.1 Å². The highest BCUT2D eigenvalue weighted by Gasteiger charge is 2.20. The van der Waals surface area contributed by atoms with Crippen LogP contribution in [0.1, 0.15) is 26.7 Å². The van der Waals surface area contributed by atoms with Crippen LogP contribution in [0.4, 0.5) is 0 Å². The largest absolute Gasteiger partial charge is 0.343 e. The lowest BCUT2D eigenvalue weighted by Gasteiger charge is -2.32. The highest BCUT2D eigenvalue weighted by atomic mass is 32.1. The number of para-hydroxylation sites is 2. The lowest BCUT2D eigenvalue weighted by molar-refractivity contribution is 0.0664. The summed E-state index contributed by atoms with van der Waals surface area (Å²) in [6.45, 7) is 3.57. The zero-order chi connectivity index (χ0) is 22.8. The Labute approximate surface area is 195 Å². The van der Waals surface area contributed by atoms with E-state index in [4.69, 9.17) is 0 Å². The van der Waals surface area contributed by atoms with E-state index in [1.807, 2.05) is 53.4 Å². The van der Waals surface area contributed by atoms with Gasteiger partial charge in [0.2, 0.25) is 0 Å². The number of aromatic nitrogens is 3. The van der Waals surface area contributed by atoms with E-state index in [2.05, 4.69) is 32.2 Å². The van der Waals surface area contributed by atoms with E-state index in [1.165, 1.54) is 11.3 Å². The Morgan fingerprint density at radius 3 is 2.55 bits per heavy atom. The monoisotopic (exact) mass is 460 g/mol. The maximum absolute atomic E-state index is 12.7. The molecule has 0 spiro atoms. The van der Waals surface area contributed by atoms with Crippen LogP contribution in [-0.4, -0.2) is 69.8 Å². The van der Waals surface area contributed by atoms with Gasteiger partial charge in [0.1, 0.15) is 16.5 Å². The summed E-state index contributed by atoms with van der Waals surface area (Å²) in [5.41, 5.74) is 3.72. The van der Waals surface area contributed by atoms with Crippen LogP contribution in [0.5, 0.6) is 0 Å². The Kier molecular flexibility index (Phi) is 5.89. The molecular formula is C24H24N6O2S. The normalized spacial score (nSPS) is 14.5. The molecule has 168 valence electrons. The molecule has 0 radical (unpaired) electrons. The number of carbonyl (C=O) groups is 2. The zero-order valence-electron chi connectivity index (χ0n) is 18.2. The third-order valence-electron chi connectivity index (χ3n) is 5.76. The van der Waals surface area contributed by atoms with Crippen LogP contribution in [0.15, 0.2) is 53.9 Å². The number of imidazole rings is 1. The van der Waals surface area contributed by atoms with Gasteiger partial charge in [-0.1, -0.05) is 24.3 Å². The number of fused-ring (bicyclic) bond motifs is 1. The van der Waals surface area contributed by atoms with E-state index >= 15 is 0 Å². The van der Waals surface area contributed by atoms with E-state index in [0.29, 0.717) is 23.6 Å². The molecule has 2 aromatic heterocycles. The molecule has 5 rings (SSSR count). The summed E-state index contributed by atoms with van der Waals surface area (Å²) >= 11 is 1.40. The van der Waals surface area contributed by atoms with Gasteiger partial charge in [-0.2, -0.15) is 0 Å². The van der Waals surface area contributed by atoms with Gasteiger partial charge in [0.05, 0.1) is 17.6 Å². The smallest absolute Gasteiger partial charge is 0.271 e. The third-order valence-corrected chi connectivity index (χ3v) is 6.65. The van der Waals surface area contributed by atoms with Gasteiger partial charge < -0.3 is 20.1 Å². The highest BCUT2D eigenvalue weighted by Crippen LogP contribution is 2.24. The second-order valence-electron chi connectivity index (χ2n) is 8.09. The van der Waals surface area contributed by atoms with Gasteiger partial charge in [-0.3, -0.25) is 9.59 Å². The molecule has 0 unspecified atom stereocenters. The number of H-pyrrole nitrogens is 1. The van der Waals surface area contributed by atoms with Crippen LogP contribution in [-0.2, 0) is 6.54 Å². The van der Waals surface area contributed by atoms with Crippen molar-refractivity contribution < 1.29 is 9.59 Å². The molecule has 1 aliphatic rings. The second kappa shape index (κ2) is 9.13. The number of carbonyl (C=O) groups excluding carboxylic acids is 2. The van der Waals surface area contributed by atoms with E-state index in [0.717, 1.165) is 47.8 Å². The van der Waals surface area contributed by atoms with Crippen molar-refractivity contribution in [1.29, 1.82) is 0 Å². The number of thiazole rings is 1. The first kappa shape index (κ1) is 21.3. The van der Waals surface area contributed by atoms with Gasteiger partial charge in [-0.05, 0) is 31.3 Å². The number of rotatable bonds is 5. The third kappa shape index (κ3) is 4.64. The molecule has 3 heterocycles. The van der Waals surface area contributed by atoms with Crippen LogP contribution in [0.3, 0.4) is 0 Å². The van der Waals surface area contributed by atoms with E-state index < -0.39 is 0 Å². The van der Waals surface area contributed by atoms with Crippen LogP contribution >= 0.6 is 11.3 Å². The number of nitrogens with one attached hydrogen (secondary N) is 2. The minimum absolute atomic E-state index is 0.0550. The number of hydrogen-bond donors (Lipinski definition) is 2. The Balaban J connectivity index is 1.21. The maximum Gasteiger partial charge on any atom is 0.271 e. The van der Waals surface area contributed by atoms with Crippen molar-refractivity contribution in [3.63, 3.8) is 0 Å². The summed E-state index contributed by atoms with van der Waals surface area (Å²) in [5.74, 6) is 0.500. The van der Waals surface area contributed by atoms with Gasteiger partial charge >= 0.3 is 0 Å². The molecule has 4 aromatic rings. The predicted molar refractivity (Wildman–Crippen MR) is 128 cm³/mol. The van der Waals surface area contributed by atoms with Gasteiger partial charge in [0, 0.05) is 42.7 Å². The molecule has 0 aliphatic carbocycles. The number of benzene rings is 2. The van der Waals surface area contributed by atoms with Crippen molar-refractivity contribution in [3.05, 3.63) is 71.0 Å². The van der Waals surface area contributed by atoms with Crippen molar-refractivity contribution in [2.75, 3.05) is 33.2 Å². The predicted octanol–water partition coefficient (Wildman–Crippen LogP) is 3.00. The summed E-state index contributed by atoms with van der Waals surface area (Å²) in [5, 5.41) is 5.34. The number of amides is 2. The number of aromatic amines is 1. The Hall–Kier alpha value is -3.56. The molecule has 1 saturated heterocycles. The molecule has 9 heteroatoms. The molecule has 33 heavy (non-hydrogen) atoms. The molecule has 2 amide bonds. The fourth-order valence-corrected chi connectivity index (χ4v) is 4.61. The fraction of sp³-hybridized carbons (Fsp3) is 0.250. The first-order valence-corrected chi connectivity index (χ1v) is 11.7. The Morgan fingerprint density at radius 2 is 1.79 bits per heavy atom. The summed E-state index contributed by atoms with van der Waals surface area (Å²) < 4.78 is 0. The quantitative estimate of drug-likeness (QED) is 0.478.